The number of carbonyl (C=O) groups is 1. The van der Waals surface area contributed by atoms with Crippen molar-refractivity contribution in [2.45, 2.75) is 12.5 Å². The molecule has 0 aliphatic carbocycles. The molecule has 2 aromatic rings. The molecule has 5 heteroatoms. The van der Waals surface area contributed by atoms with Crippen molar-refractivity contribution in [2.75, 3.05) is 0 Å². The summed E-state index contributed by atoms with van der Waals surface area (Å²) in [5.41, 5.74) is 0.697. The van der Waals surface area contributed by atoms with E-state index in [0.29, 0.717) is 12.1 Å². The van der Waals surface area contributed by atoms with E-state index in [2.05, 4.69) is 10.3 Å². The van der Waals surface area contributed by atoms with Crippen LogP contribution in [-0.2, 0) is 18.4 Å². The topological polar surface area (TPSA) is 70.7 Å². The Hall–Kier alpha value is -2.61. The van der Waals surface area contributed by atoms with Crippen LogP contribution in [0.4, 0.5) is 0 Å². The molecule has 0 aliphatic rings. The first-order valence-electron chi connectivity index (χ1n) is 5.91. The highest BCUT2D eigenvalue weighted by atomic mass is 16.1. The number of nitrogens with zero attached hydrogens (tertiary/aromatic N) is 3. The number of rotatable bonds is 4. The minimum absolute atomic E-state index is 0.309. The Labute approximate surface area is 111 Å². The smallest absolute Gasteiger partial charge is 0.242 e. The highest BCUT2D eigenvalue weighted by Crippen LogP contribution is 2.14. The van der Waals surface area contributed by atoms with Crippen LogP contribution in [-0.4, -0.2) is 15.5 Å². The lowest BCUT2D eigenvalue weighted by molar-refractivity contribution is -0.121. The maximum atomic E-state index is 12.0. The van der Waals surface area contributed by atoms with E-state index in [9.17, 15) is 4.79 Å². The summed E-state index contributed by atoms with van der Waals surface area (Å²) >= 11 is 0. The molecular weight excluding hydrogens is 240 g/mol. The summed E-state index contributed by atoms with van der Waals surface area (Å²) in [6.45, 7) is 0.313. The van der Waals surface area contributed by atoms with E-state index in [1.165, 1.54) is 0 Å². The first-order chi connectivity index (χ1) is 9.22. The van der Waals surface area contributed by atoms with Crippen LogP contribution in [0, 0.1) is 11.3 Å². The first kappa shape index (κ1) is 12.8. The minimum Gasteiger partial charge on any atom is -0.347 e. The second-order valence-corrected chi connectivity index (χ2v) is 4.14. The van der Waals surface area contributed by atoms with E-state index in [0.717, 1.165) is 5.82 Å². The summed E-state index contributed by atoms with van der Waals surface area (Å²) in [5, 5.41) is 11.9. The average Bonchev–Trinajstić information content (AvgIpc) is 2.84. The minimum atomic E-state index is -0.790. The molecule has 5 nitrogen and oxygen atoms in total. The van der Waals surface area contributed by atoms with Gasteiger partial charge in [0.1, 0.15) is 11.7 Å². The van der Waals surface area contributed by atoms with E-state index in [1.807, 2.05) is 35.9 Å². The number of carbonyl (C=O) groups excluding carboxylic acids is 1. The number of imidazole rings is 1. The molecule has 1 aromatic carbocycles. The molecule has 0 bridgehead atoms. The molecule has 0 spiro atoms. The van der Waals surface area contributed by atoms with Crippen molar-refractivity contribution in [1.82, 2.24) is 14.9 Å². The third kappa shape index (κ3) is 2.99. The van der Waals surface area contributed by atoms with Gasteiger partial charge in [-0.25, -0.2) is 4.98 Å². The number of amides is 1. The largest absolute Gasteiger partial charge is 0.347 e. The molecule has 96 valence electrons. The van der Waals surface area contributed by atoms with E-state index in [4.69, 9.17) is 5.26 Å². The van der Waals surface area contributed by atoms with Gasteiger partial charge >= 0.3 is 0 Å². The molecule has 1 atom stereocenters. The third-order valence-electron chi connectivity index (χ3n) is 2.87. The molecule has 0 fully saturated rings. The summed E-state index contributed by atoms with van der Waals surface area (Å²) in [7, 11) is 1.85. The van der Waals surface area contributed by atoms with Gasteiger partial charge in [0, 0.05) is 19.4 Å². The van der Waals surface area contributed by atoms with Crippen LogP contribution < -0.4 is 5.32 Å². The van der Waals surface area contributed by atoms with Gasteiger partial charge in [-0.15, -0.1) is 0 Å². The van der Waals surface area contributed by atoms with Crippen LogP contribution in [0.2, 0.25) is 0 Å². The van der Waals surface area contributed by atoms with Gasteiger partial charge < -0.3 is 9.88 Å². The Morgan fingerprint density at radius 2 is 2.21 bits per heavy atom. The summed E-state index contributed by atoms with van der Waals surface area (Å²) in [4.78, 5) is 16.1. The van der Waals surface area contributed by atoms with Gasteiger partial charge in [0.15, 0.2) is 0 Å². The Morgan fingerprint density at radius 1 is 1.47 bits per heavy atom. The fourth-order valence-corrected chi connectivity index (χ4v) is 1.77. The highest BCUT2D eigenvalue weighted by molar-refractivity contribution is 5.86. The van der Waals surface area contributed by atoms with Crippen LogP contribution >= 0.6 is 0 Å². The van der Waals surface area contributed by atoms with Gasteiger partial charge in [-0.1, -0.05) is 30.3 Å². The lowest BCUT2D eigenvalue weighted by Gasteiger charge is -2.10. The number of nitriles is 1. The molecule has 0 radical (unpaired) electrons. The van der Waals surface area contributed by atoms with Crippen molar-refractivity contribution in [3.05, 3.63) is 54.1 Å². The molecule has 19 heavy (non-hydrogen) atoms. The number of aromatic nitrogens is 2. The predicted octanol–water partition coefficient (Wildman–Crippen LogP) is 1.34. The zero-order valence-corrected chi connectivity index (χ0v) is 10.6. The number of benzene rings is 1. The van der Waals surface area contributed by atoms with Gasteiger partial charge in [0.05, 0.1) is 12.6 Å². The lowest BCUT2D eigenvalue weighted by atomic mass is 10.00. The van der Waals surface area contributed by atoms with Crippen molar-refractivity contribution >= 4 is 5.91 Å². The zero-order valence-electron chi connectivity index (χ0n) is 10.6. The van der Waals surface area contributed by atoms with E-state index >= 15 is 0 Å². The zero-order chi connectivity index (χ0) is 13.7. The number of aryl methyl sites for hydroxylation is 1. The predicted molar refractivity (Wildman–Crippen MR) is 69.9 cm³/mol. The van der Waals surface area contributed by atoms with Crippen LogP contribution in [0.1, 0.15) is 17.3 Å². The number of hydrogen-bond acceptors (Lipinski definition) is 3. The molecule has 1 unspecified atom stereocenters. The van der Waals surface area contributed by atoms with E-state index < -0.39 is 5.92 Å². The van der Waals surface area contributed by atoms with Crippen molar-refractivity contribution in [2.24, 2.45) is 7.05 Å². The normalized spacial score (nSPS) is 11.6. The lowest BCUT2D eigenvalue weighted by Crippen LogP contribution is -2.29. The Morgan fingerprint density at radius 3 is 2.79 bits per heavy atom. The standard InChI is InChI=1S/C14H14N4O/c1-18-8-7-16-13(18)10-17-14(19)12(9-15)11-5-3-2-4-6-11/h2-8,12H,10H2,1H3,(H,17,19). The van der Waals surface area contributed by atoms with Crippen LogP contribution in [0.5, 0.6) is 0 Å². The second kappa shape index (κ2) is 5.83. The molecular formula is C14H14N4O. The maximum absolute atomic E-state index is 12.0. The van der Waals surface area contributed by atoms with E-state index in [1.54, 1.807) is 24.5 Å². The Bertz CT molecular complexity index is 597. The molecule has 1 amide bonds. The second-order valence-electron chi connectivity index (χ2n) is 4.14. The number of hydrogen-bond donors (Lipinski definition) is 1. The van der Waals surface area contributed by atoms with Gasteiger partial charge in [-0.3, -0.25) is 4.79 Å². The number of nitrogens with one attached hydrogen (secondary N) is 1. The Kier molecular flexibility index (Phi) is 3.94. The van der Waals surface area contributed by atoms with Gasteiger partial charge in [0.25, 0.3) is 0 Å². The summed E-state index contributed by atoms with van der Waals surface area (Å²) in [6.07, 6.45) is 3.47. The van der Waals surface area contributed by atoms with Crippen molar-refractivity contribution in [1.29, 1.82) is 5.26 Å². The van der Waals surface area contributed by atoms with Crippen molar-refractivity contribution < 1.29 is 4.79 Å². The van der Waals surface area contributed by atoms with Crippen molar-refractivity contribution in [3.8, 4) is 6.07 Å². The first-order valence-corrected chi connectivity index (χ1v) is 5.91. The SMILES string of the molecule is Cn1ccnc1CNC(=O)C(C#N)c1ccccc1. The fraction of sp³-hybridized carbons (Fsp3) is 0.214. The molecule has 1 N–H and O–H groups in total. The quantitative estimate of drug-likeness (QED) is 0.895. The Balaban J connectivity index is 2.03. The molecule has 0 saturated carbocycles. The fourth-order valence-electron chi connectivity index (χ4n) is 1.77. The average molecular weight is 254 g/mol. The third-order valence-corrected chi connectivity index (χ3v) is 2.87. The summed E-state index contributed by atoms with van der Waals surface area (Å²) < 4.78 is 1.82. The van der Waals surface area contributed by atoms with Crippen LogP contribution in [0.25, 0.3) is 0 Å². The summed E-state index contributed by atoms with van der Waals surface area (Å²) in [5.74, 6) is -0.351. The van der Waals surface area contributed by atoms with Crippen molar-refractivity contribution in [3.63, 3.8) is 0 Å². The van der Waals surface area contributed by atoms with Gasteiger partial charge in [-0.2, -0.15) is 5.26 Å². The monoisotopic (exact) mass is 254 g/mol. The van der Waals surface area contributed by atoms with Crippen LogP contribution in [0.3, 0.4) is 0 Å². The molecule has 1 heterocycles. The molecule has 1 aromatic heterocycles. The molecule has 0 aliphatic heterocycles. The highest BCUT2D eigenvalue weighted by Gasteiger charge is 2.19. The molecule has 0 saturated heterocycles. The van der Waals surface area contributed by atoms with Gasteiger partial charge in [0.2, 0.25) is 5.91 Å². The van der Waals surface area contributed by atoms with Crippen LogP contribution in [0.15, 0.2) is 42.7 Å². The maximum Gasteiger partial charge on any atom is 0.242 e. The molecule has 2 rings (SSSR count). The van der Waals surface area contributed by atoms with Gasteiger partial charge in [-0.05, 0) is 5.56 Å². The summed E-state index contributed by atoms with van der Waals surface area (Å²) in [6, 6.07) is 11.0. The van der Waals surface area contributed by atoms with E-state index in [-0.39, 0.29) is 5.91 Å².